The van der Waals surface area contributed by atoms with Crippen molar-refractivity contribution in [1.82, 2.24) is 0 Å². The summed E-state index contributed by atoms with van der Waals surface area (Å²) in [5, 5.41) is 0. The van der Waals surface area contributed by atoms with E-state index in [0.29, 0.717) is 0 Å². The van der Waals surface area contributed by atoms with Gasteiger partial charge in [0.2, 0.25) is 5.91 Å². The Bertz CT molecular complexity index is 443. The van der Waals surface area contributed by atoms with E-state index >= 15 is 0 Å². The van der Waals surface area contributed by atoms with Gasteiger partial charge in [-0.25, -0.2) is 4.39 Å². The minimum atomic E-state index is -0.649. The first-order valence-electron chi connectivity index (χ1n) is 6.08. The van der Waals surface area contributed by atoms with Crippen molar-refractivity contribution < 1.29 is 13.9 Å². The van der Waals surface area contributed by atoms with Crippen molar-refractivity contribution >= 4 is 5.91 Å². The second kappa shape index (κ2) is 5.35. The highest BCUT2D eigenvalue weighted by Gasteiger charge is 2.21. The van der Waals surface area contributed by atoms with Crippen LogP contribution in [0.1, 0.15) is 36.0 Å². The number of carbonyl (C=O) groups is 1. The van der Waals surface area contributed by atoms with Crippen molar-refractivity contribution in [2.75, 3.05) is 0 Å². The van der Waals surface area contributed by atoms with Crippen LogP contribution in [-0.2, 0) is 0 Å². The number of benzene rings is 1. The topological polar surface area (TPSA) is 78.3 Å². The number of hydrogen-bond acceptors (Lipinski definition) is 3. The lowest BCUT2D eigenvalue weighted by atomic mass is 9.94. The Hall–Kier alpha value is -1.62. The first-order chi connectivity index (χ1) is 8.56. The molecule has 0 spiro atoms. The Morgan fingerprint density at radius 1 is 1.28 bits per heavy atom. The highest BCUT2D eigenvalue weighted by Crippen LogP contribution is 2.25. The maximum Gasteiger partial charge on any atom is 0.248 e. The van der Waals surface area contributed by atoms with E-state index in [1.54, 1.807) is 0 Å². The molecule has 18 heavy (non-hydrogen) atoms. The van der Waals surface area contributed by atoms with Crippen LogP contribution in [0.5, 0.6) is 5.75 Å². The van der Waals surface area contributed by atoms with Gasteiger partial charge in [-0.2, -0.15) is 0 Å². The fourth-order valence-electron chi connectivity index (χ4n) is 2.14. The largest absolute Gasteiger partial charge is 0.487 e. The molecule has 1 saturated carbocycles. The molecule has 4 nitrogen and oxygen atoms in total. The molecular formula is C13H17FN2O2. The van der Waals surface area contributed by atoms with Crippen LogP contribution in [0.2, 0.25) is 0 Å². The van der Waals surface area contributed by atoms with Gasteiger partial charge in [0.05, 0.1) is 6.10 Å². The summed E-state index contributed by atoms with van der Waals surface area (Å²) in [6.07, 6.45) is 3.45. The van der Waals surface area contributed by atoms with Crippen molar-refractivity contribution in [3.05, 3.63) is 29.6 Å². The average Bonchev–Trinajstić information content (AvgIpc) is 2.34. The molecule has 0 bridgehead atoms. The Morgan fingerprint density at radius 3 is 2.50 bits per heavy atom. The molecule has 2 rings (SSSR count). The zero-order valence-corrected chi connectivity index (χ0v) is 10.1. The Kier molecular flexibility index (Phi) is 3.81. The van der Waals surface area contributed by atoms with E-state index in [-0.39, 0.29) is 23.5 Å². The van der Waals surface area contributed by atoms with Gasteiger partial charge in [0.15, 0.2) is 11.6 Å². The van der Waals surface area contributed by atoms with Gasteiger partial charge in [0, 0.05) is 11.6 Å². The van der Waals surface area contributed by atoms with E-state index < -0.39 is 11.7 Å². The summed E-state index contributed by atoms with van der Waals surface area (Å²) < 4.78 is 19.3. The maximum absolute atomic E-state index is 13.7. The zero-order chi connectivity index (χ0) is 13.1. The zero-order valence-electron chi connectivity index (χ0n) is 10.1. The lowest BCUT2D eigenvalue weighted by Gasteiger charge is -2.26. The molecule has 1 amide bonds. The minimum absolute atomic E-state index is 0.00118. The van der Waals surface area contributed by atoms with Crippen LogP contribution in [0.3, 0.4) is 0 Å². The number of amides is 1. The second-order valence-corrected chi connectivity index (χ2v) is 4.66. The van der Waals surface area contributed by atoms with Crippen LogP contribution in [0.15, 0.2) is 18.2 Å². The second-order valence-electron chi connectivity index (χ2n) is 4.66. The molecule has 5 heteroatoms. The molecule has 98 valence electrons. The summed E-state index contributed by atoms with van der Waals surface area (Å²) in [6, 6.07) is 4.25. The summed E-state index contributed by atoms with van der Waals surface area (Å²) in [7, 11) is 0. The molecule has 1 aliphatic carbocycles. The van der Waals surface area contributed by atoms with Gasteiger partial charge in [-0.15, -0.1) is 0 Å². The fourth-order valence-corrected chi connectivity index (χ4v) is 2.14. The standard InChI is InChI=1S/C13H17FN2O2/c14-11-7-8(13(16)17)1-6-12(11)18-10-4-2-9(15)3-5-10/h1,6-7,9-10H,2-5,15H2,(H2,16,17). The molecule has 0 heterocycles. The highest BCUT2D eigenvalue weighted by atomic mass is 19.1. The third kappa shape index (κ3) is 2.98. The Labute approximate surface area is 105 Å². The summed E-state index contributed by atoms with van der Waals surface area (Å²) in [5.41, 5.74) is 11.0. The number of nitrogens with two attached hydrogens (primary N) is 2. The fraction of sp³-hybridized carbons (Fsp3) is 0.462. The predicted octanol–water partition coefficient (Wildman–Crippen LogP) is 1.57. The maximum atomic E-state index is 13.7. The molecular weight excluding hydrogens is 235 g/mol. The van der Waals surface area contributed by atoms with Gasteiger partial charge < -0.3 is 16.2 Å². The lowest BCUT2D eigenvalue weighted by Crippen LogP contribution is -2.31. The summed E-state index contributed by atoms with van der Waals surface area (Å²) in [5.74, 6) is -1.04. The van der Waals surface area contributed by atoms with Crippen LogP contribution in [-0.4, -0.2) is 18.1 Å². The van der Waals surface area contributed by atoms with E-state index in [1.165, 1.54) is 12.1 Å². The normalized spacial score (nSPS) is 23.7. The van der Waals surface area contributed by atoms with Crippen molar-refractivity contribution in [2.45, 2.75) is 37.8 Å². The van der Waals surface area contributed by atoms with E-state index in [0.717, 1.165) is 31.7 Å². The van der Waals surface area contributed by atoms with Crippen LogP contribution >= 0.6 is 0 Å². The van der Waals surface area contributed by atoms with Gasteiger partial charge in [0.1, 0.15) is 0 Å². The Morgan fingerprint density at radius 2 is 1.94 bits per heavy atom. The van der Waals surface area contributed by atoms with Crippen molar-refractivity contribution in [2.24, 2.45) is 11.5 Å². The average molecular weight is 252 g/mol. The molecule has 1 aromatic rings. The van der Waals surface area contributed by atoms with E-state index in [2.05, 4.69) is 0 Å². The van der Waals surface area contributed by atoms with Crippen LogP contribution < -0.4 is 16.2 Å². The monoisotopic (exact) mass is 252 g/mol. The molecule has 0 saturated heterocycles. The highest BCUT2D eigenvalue weighted by molar-refractivity contribution is 5.92. The molecule has 1 fully saturated rings. The first kappa shape index (κ1) is 12.8. The summed E-state index contributed by atoms with van der Waals surface area (Å²) in [4.78, 5) is 10.9. The number of halogens is 1. The molecule has 0 radical (unpaired) electrons. The first-order valence-corrected chi connectivity index (χ1v) is 6.08. The van der Waals surface area contributed by atoms with Crippen molar-refractivity contribution in [1.29, 1.82) is 0 Å². The molecule has 1 aromatic carbocycles. The van der Waals surface area contributed by atoms with Gasteiger partial charge in [0.25, 0.3) is 0 Å². The Balaban J connectivity index is 2.03. The quantitative estimate of drug-likeness (QED) is 0.857. The third-order valence-electron chi connectivity index (χ3n) is 3.23. The van der Waals surface area contributed by atoms with Crippen molar-refractivity contribution in [3.63, 3.8) is 0 Å². The van der Waals surface area contributed by atoms with Gasteiger partial charge in [-0.1, -0.05) is 0 Å². The van der Waals surface area contributed by atoms with Crippen molar-refractivity contribution in [3.8, 4) is 5.75 Å². The number of primary amides is 1. The molecule has 0 aliphatic heterocycles. The molecule has 0 atom stereocenters. The van der Waals surface area contributed by atoms with Crippen LogP contribution in [0, 0.1) is 5.82 Å². The third-order valence-corrected chi connectivity index (χ3v) is 3.23. The van der Waals surface area contributed by atoms with E-state index in [4.69, 9.17) is 16.2 Å². The lowest BCUT2D eigenvalue weighted by molar-refractivity contribution is 0.0999. The predicted molar refractivity (Wildman–Crippen MR) is 65.8 cm³/mol. The number of carbonyl (C=O) groups excluding carboxylic acids is 1. The summed E-state index contributed by atoms with van der Waals surface area (Å²) in [6.45, 7) is 0. The summed E-state index contributed by atoms with van der Waals surface area (Å²) >= 11 is 0. The van der Waals surface area contributed by atoms with E-state index in [1.807, 2.05) is 0 Å². The van der Waals surface area contributed by atoms with E-state index in [9.17, 15) is 9.18 Å². The smallest absolute Gasteiger partial charge is 0.248 e. The van der Waals surface area contributed by atoms with Gasteiger partial charge in [-0.05, 0) is 43.9 Å². The van der Waals surface area contributed by atoms with Crippen LogP contribution in [0.4, 0.5) is 4.39 Å². The van der Waals surface area contributed by atoms with Gasteiger partial charge in [-0.3, -0.25) is 4.79 Å². The van der Waals surface area contributed by atoms with Gasteiger partial charge >= 0.3 is 0 Å². The molecule has 1 aliphatic rings. The molecule has 0 unspecified atom stereocenters. The molecule has 4 N–H and O–H groups in total. The van der Waals surface area contributed by atoms with Crippen LogP contribution in [0.25, 0.3) is 0 Å². The SMILES string of the molecule is NC(=O)c1ccc(OC2CCC(N)CC2)c(F)c1. The molecule has 0 aromatic heterocycles. The number of rotatable bonds is 3. The number of ether oxygens (including phenoxy) is 1. The minimum Gasteiger partial charge on any atom is -0.487 e. The number of hydrogen-bond donors (Lipinski definition) is 2.